The first kappa shape index (κ1) is 16.0. The number of aromatic nitrogens is 3. The van der Waals surface area contributed by atoms with Crippen molar-refractivity contribution < 1.29 is 23.0 Å². The molecule has 0 spiro atoms. The second-order valence-electron chi connectivity index (χ2n) is 4.89. The van der Waals surface area contributed by atoms with Crippen molar-refractivity contribution in [3.05, 3.63) is 60.7 Å². The predicted molar refractivity (Wildman–Crippen MR) is 79.4 cm³/mol. The van der Waals surface area contributed by atoms with Gasteiger partial charge >= 0.3 is 6.36 Å². The summed E-state index contributed by atoms with van der Waals surface area (Å²) >= 11 is 0. The molecule has 0 saturated carbocycles. The Morgan fingerprint density at radius 3 is 2.42 bits per heavy atom. The van der Waals surface area contributed by atoms with Gasteiger partial charge in [-0.3, -0.25) is 0 Å². The van der Waals surface area contributed by atoms with Crippen molar-refractivity contribution >= 4 is 0 Å². The molecule has 2 aromatic carbocycles. The minimum absolute atomic E-state index is 0.257. The Morgan fingerprint density at radius 2 is 1.79 bits per heavy atom. The largest absolute Gasteiger partial charge is 0.573 e. The van der Waals surface area contributed by atoms with Gasteiger partial charge in [0.15, 0.2) is 5.82 Å². The molecule has 1 heterocycles. The van der Waals surface area contributed by atoms with Crippen molar-refractivity contribution in [2.24, 2.45) is 0 Å². The Hall–Kier alpha value is -2.87. The van der Waals surface area contributed by atoms with E-state index in [9.17, 15) is 13.2 Å². The van der Waals surface area contributed by atoms with Gasteiger partial charge in [-0.15, -0.1) is 18.3 Å². The molecule has 0 unspecified atom stereocenters. The minimum Gasteiger partial charge on any atom is -0.406 e. The van der Waals surface area contributed by atoms with Crippen LogP contribution in [0.2, 0.25) is 0 Å². The van der Waals surface area contributed by atoms with Crippen molar-refractivity contribution in [1.29, 1.82) is 0 Å². The first-order chi connectivity index (χ1) is 11.4. The number of aliphatic hydroxyl groups is 1. The third-order valence-corrected chi connectivity index (χ3v) is 3.21. The van der Waals surface area contributed by atoms with Gasteiger partial charge in [0.25, 0.3) is 0 Å². The molecule has 3 aromatic rings. The SMILES string of the molecule is OCc1ncn(-c2cccc(-c3ccc(OC(F)(F)F)cc3)c2)n1. The van der Waals surface area contributed by atoms with E-state index in [1.165, 1.54) is 23.1 Å². The number of benzene rings is 2. The molecule has 8 heteroatoms. The Bertz CT molecular complexity index is 829. The molecule has 5 nitrogen and oxygen atoms in total. The summed E-state index contributed by atoms with van der Waals surface area (Å²) in [5.74, 6) is 0.0281. The second kappa shape index (κ2) is 6.32. The number of ether oxygens (including phenoxy) is 1. The summed E-state index contributed by atoms with van der Waals surface area (Å²) in [5, 5.41) is 13.1. The Morgan fingerprint density at radius 1 is 1.04 bits per heavy atom. The summed E-state index contributed by atoms with van der Waals surface area (Å²) in [6.45, 7) is -0.257. The van der Waals surface area contributed by atoms with E-state index in [-0.39, 0.29) is 12.4 Å². The lowest BCUT2D eigenvalue weighted by atomic mass is 10.1. The van der Waals surface area contributed by atoms with Crippen LogP contribution >= 0.6 is 0 Å². The topological polar surface area (TPSA) is 60.2 Å². The molecule has 0 atom stereocenters. The van der Waals surface area contributed by atoms with E-state index >= 15 is 0 Å². The molecule has 0 aliphatic rings. The third kappa shape index (κ3) is 3.72. The number of nitrogens with zero attached hydrogens (tertiary/aromatic N) is 3. The zero-order chi connectivity index (χ0) is 17.2. The smallest absolute Gasteiger partial charge is 0.406 e. The lowest BCUT2D eigenvalue weighted by Gasteiger charge is -2.10. The Kier molecular flexibility index (Phi) is 4.22. The molecular formula is C16H12F3N3O2. The predicted octanol–water partition coefficient (Wildman–Crippen LogP) is 3.33. The van der Waals surface area contributed by atoms with Crippen LogP contribution in [-0.4, -0.2) is 26.2 Å². The fraction of sp³-hybridized carbons (Fsp3) is 0.125. The van der Waals surface area contributed by atoms with E-state index in [2.05, 4.69) is 14.8 Å². The summed E-state index contributed by atoms with van der Waals surface area (Å²) in [4.78, 5) is 3.94. The van der Waals surface area contributed by atoms with Crippen LogP contribution in [0.25, 0.3) is 16.8 Å². The molecule has 0 aliphatic heterocycles. The summed E-state index contributed by atoms with van der Waals surface area (Å²) in [7, 11) is 0. The fourth-order valence-corrected chi connectivity index (χ4v) is 2.17. The van der Waals surface area contributed by atoms with Gasteiger partial charge in [-0.2, -0.15) is 0 Å². The highest BCUT2D eigenvalue weighted by Gasteiger charge is 2.30. The van der Waals surface area contributed by atoms with Crippen LogP contribution in [0.5, 0.6) is 5.75 Å². The van der Waals surface area contributed by atoms with Gasteiger partial charge in [-0.1, -0.05) is 24.3 Å². The highest BCUT2D eigenvalue weighted by atomic mass is 19.4. The standard InChI is InChI=1S/C16H12F3N3O2/c17-16(18,19)24-14-6-4-11(5-7-14)12-2-1-3-13(8-12)22-10-20-15(9-23)21-22/h1-8,10,23H,9H2. The van der Waals surface area contributed by atoms with Gasteiger partial charge in [0, 0.05) is 0 Å². The second-order valence-corrected chi connectivity index (χ2v) is 4.89. The first-order valence-corrected chi connectivity index (χ1v) is 6.92. The molecular weight excluding hydrogens is 323 g/mol. The van der Waals surface area contributed by atoms with Crippen LogP contribution in [0.4, 0.5) is 13.2 Å². The summed E-state index contributed by atoms with van der Waals surface area (Å²) in [5.41, 5.74) is 2.25. The van der Waals surface area contributed by atoms with Crippen molar-refractivity contribution in [2.75, 3.05) is 0 Å². The van der Waals surface area contributed by atoms with Gasteiger partial charge < -0.3 is 9.84 Å². The van der Waals surface area contributed by atoms with Gasteiger partial charge in [0.05, 0.1) is 5.69 Å². The molecule has 3 rings (SSSR count). The number of alkyl halides is 3. The van der Waals surface area contributed by atoms with E-state index in [0.29, 0.717) is 5.82 Å². The molecule has 0 fully saturated rings. The number of rotatable bonds is 4. The maximum atomic E-state index is 12.2. The van der Waals surface area contributed by atoms with Crippen LogP contribution in [0, 0.1) is 0 Å². The highest BCUT2D eigenvalue weighted by Crippen LogP contribution is 2.27. The summed E-state index contributed by atoms with van der Waals surface area (Å²) < 4.78 is 41.9. The molecule has 124 valence electrons. The fourth-order valence-electron chi connectivity index (χ4n) is 2.17. The molecule has 1 N–H and O–H groups in total. The van der Waals surface area contributed by atoms with Crippen LogP contribution < -0.4 is 4.74 Å². The van der Waals surface area contributed by atoms with E-state index < -0.39 is 6.36 Å². The average molecular weight is 335 g/mol. The number of hydrogen-bond acceptors (Lipinski definition) is 4. The maximum Gasteiger partial charge on any atom is 0.573 e. The van der Waals surface area contributed by atoms with Crippen molar-refractivity contribution in [3.63, 3.8) is 0 Å². The molecule has 0 aliphatic carbocycles. The molecule has 0 bridgehead atoms. The van der Waals surface area contributed by atoms with Crippen molar-refractivity contribution in [1.82, 2.24) is 14.8 Å². The van der Waals surface area contributed by atoms with Gasteiger partial charge in [0.2, 0.25) is 0 Å². The van der Waals surface area contributed by atoms with Gasteiger partial charge in [0.1, 0.15) is 18.7 Å². The van der Waals surface area contributed by atoms with Gasteiger partial charge in [-0.05, 0) is 35.4 Å². The number of hydrogen-bond donors (Lipinski definition) is 1. The van der Waals surface area contributed by atoms with Crippen LogP contribution in [0.1, 0.15) is 5.82 Å². The zero-order valence-electron chi connectivity index (χ0n) is 12.2. The van der Waals surface area contributed by atoms with Crippen LogP contribution in [0.3, 0.4) is 0 Å². The Labute approximate surface area is 135 Å². The van der Waals surface area contributed by atoms with E-state index in [1.54, 1.807) is 24.3 Å². The van der Waals surface area contributed by atoms with Crippen molar-refractivity contribution in [3.8, 4) is 22.6 Å². The zero-order valence-corrected chi connectivity index (χ0v) is 12.2. The van der Waals surface area contributed by atoms with E-state index in [4.69, 9.17) is 5.11 Å². The Balaban J connectivity index is 1.86. The number of halogens is 3. The third-order valence-electron chi connectivity index (χ3n) is 3.21. The normalized spacial score (nSPS) is 11.5. The van der Waals surface area contributed by atoms with Crippen LogP contribution in [0.15, 0.2) is 54.9 Å². The molecule has 24 heavy (non-hydrogen) atoms. The highest BCUT2D eigenvalue weighted by molar-refractivity contribution is 5.66. The molecule has 1 aromatic heterocycles. The van der Waals surface area contributed by atoms with E-state index in [1.807, 2.05) is 12.1 Å². The van der Waals surface area contributed by atoms with E-state index in [0.717, 1.165) is 16.8 Å². The summed E-state index contributed by atoms with van der Waals surface area (Å²) in [6.07, 6.45) is -3.23. The van der Waals surface area contributed by atoms with Gasteiger partial charge in [-0.25, -0.2) is 9.67 Å². The maximum absolute atomic E-state index is 12.2. The minimum atomic E-state index is -4.71. The van der Waals surface area contributed by atoms with Crippen LogP contribution in [-0.2, 0) is 6.61 Å². The molecule has 0 saturated heterocycles. The quantitative estimate of drug-likeness (QED) is 0.794. The van der Waals surface area contributed by atoms with Crippen molar-refractivity contribution in [2.45, 2.75) is 13.0 Å². The molecule has 0 radical (unpaired) electrons. The average Bonchev–Trinajstić information content (AvgIpc) is 3.03. The lowest BCUT2D eigenvalue weighted by Crippen LogP contribution is -2.16. The summed E-state index contributed by atoms with van der Waals surface area (Å²) in [6, 6.07) is 12.8. The monoisotopic (exact) mass is 335 g/mol. The molecule has 0 amide bonds. The first-order valence-electron chi connectivity index (χ1n) is 6.92. The number of aliphatic hydroxyl groups excluding tert-OH is 1. The lowest BCUT2D eigenvalue weighted by molar-refractivity contribution is -0.274.